The SMILES string of the molecule is CC(C)(CCO)[C@H](OC(=O)Nc1cccc2ccccc12)c1ccc(O)c2ccccc12. The minimum Gasteiger partial charge on any atom is -0.507 e. The van der Waals surface area contributed by atoms with Crippen molar-refractivity contribution in [2.45, 2.75) is 26.4 Å². The van der Waals surface area contributed by atoms with Gasteiger partial charge in [-0.1, -0.05) is 80.6 Å². The average molecular weight is 430 g/mol. The van der Waals surface area contributed by atoms with Crippen LogP contribution in [0, 0.1) is 5.41 Å². The molecule has 0 saturated carbocycles. The first-order chi connectivity index (χ1) is 15.4. The lowest BCUT2D eigenvalue weighted by atomic mass is 9.78. The predicted molar refractivity (Wildman–Crippen MR) is 128 cm³/mol. The molecule has 4 aromatic rings. The molecule has 0 unspecified atom stereocenters. The van der Waals surface area contributed by atoms with E-state index < -0.39 is 17.6 Å². The number of benzene rings is 4. The zero-order chi connectivity index (χ0) is 22.7. The van der Waals surface area contributed by atoms with Gasteiger partial charge in [-0.2, -0.15) is 0 Å². The van der Waals surface area contributed by atoms with Crippen molar-refractivity contribution in [3.8, 4) is 5.75 Å². The summed E-state index contributed by atoms with van der Waals surface area (Å²) >= 11 is 0. The number of anilines is 1. The summed E-state index contributed by atoms with van der Waals surface area (Å²) in [6, 6.07) is 24.4. The van der Waals surface area contributed by atoms with Gasteiger partial charge in [0.25, 0.3) is 0 Å². The van der Waals surface area contributed by atoms with Crippen LogP contribution >= 0.6 is 0 Å². The minimum absolute atomic E-state index is 0.0339. The fourth-order valence-corrected chi connectivity index (χ4v) is 4.18. The van der Waals surface area contributed by atoms with Crippen molar-refractivity contribution in [3.05, 3.63) is 84.4 Å². The third-order valence-corrected chi connectivity index (χ3v) is 5.93. The molecule has 32 heavy (non-hydrogen) atoms. The highest BCUT2D eigenvalue weighted by molar-refractivity contribution is 6.00. The molecule has 0 aliphatic rings. The monoisotopic (exact) mass is 429 g/mol. The van der Waals surface area contributed by atoms with E-state index in [0.717, 1.165) is 21.7 Å². The molecular formula is C27H27NO4. The lowest BCUT2D eigenvalue weighted by Gasteiger charge is -2.34. The number of carbonyl (C=O) groups is 1. The molecule has 0 heterocycles. The van der Waals surface area contributed by atoms with Crippen LogP contribution in [-0.4, -0.2) is 22.9 Å². The molecule has 0 aromatic heterocycles. The van der Waals surface area contributed by atoms with E-state index in [1.807, 2.05) is 80.6 Å². The number of hydrogen-bond acceptors (Lipinski definition) is 4. The van der Waals surface area contributed by atoms with Crippen molar-refractivity contribution < 1.29 is 19.7 Å². The Kier molecular flexibility index (Phi) is 6.01. The first-order valence-corrected chi connectivity index (χ1v) is 10.7. The van der Waals surface area contributed by atoms with E-state index in [-0.39, 0.29) is 12.4 Å². The van der Waals surface area contributed by atoms with Gasteiger partial charge in [-0.05, 0) is 29.3 Å². The summed E-state index contributed by atoms with van der Waals surface area (Å²) in [4.78, 5) is 13.0. The Hall–Kier alpha value is -3.57. The molecule has 0 fully saturated rings. The summed E-state index contributed by atoms with van der Waals surface area (Å²) in [6.07, 6.45) is -0.779. The lowest BCUT2D eigenvalue weighted by molar-refractivity contribution is 0.0161. The van der Waals surface area contributed by atoms with Gasteiger partial charge in [0.2, 0.25) is 0 Å². The molecule has 0 bridgehead atoms. The van der Waals surface area contributed by atoms with Crippen molar-refractivity contribution in [1.29, 1.82) is 0 Å². The number of nitrogens with one attached hydrogen (secondary N) is 1. The standard InChI is InChI=1S/C27H27NO4/c1-27(2,16-17-29)25(22-14-15-24(30)21-12-6-5-11-20(21)22)32-26(31)28-23-13-7-9-18-8-3-4-10-19(18)23/h3-15,25,29-30H,16-17H2,1-2H3,(H,28,31)/t25-/m1/s1. The summed E-state index contributed by atoms with van der Waals surface area (Å²) < 4.78 is 6.01. The molecule has 0 aliphatic heterocycles. The molecule has 4 rings (SSSR count). The fourth-order valence-electron chi connectivity index (χ4n) is 4.18. The maximum atomic E-state index is 13.0. The van der Waals surface area contributed by atoms with Crippen molar-refractivity contribution >= 4 is 33.3 Å². The van der Waals surface area contributed by atoms with E-state index in [1.54, 1.807) is 12.1 Å². The van der Waals surface area contributed by atoms with E-state index in [1.165, 1.54) is 0 Å². The Labute approximate surface area is 187 Å². The molecular weight excluding hydrogens is 402 g/mol. The molecule has 4 aromatic carbocycles. The first kappa shape index (κ1) is 21.7. The number of aliphatic hydroxyl groups excluding tert-OH is 1. The van der Waals surface area contributed by atoms with Crippen LogP contribution in [0.15, 0.2) is 78.9 Å². The second-order valence-electron chi connectivity index (χ2n) is 8.62. The number of ether oxygens (including phenoxy) is 1. The first-order valence-electron chi connectivity index (χ1n) is 10.7. The van der Waals surface area contributed by atoms with E-state index in [0.29, 0.717) is 17.5 Å². The molecule has 3 N–H and O–H groups in total. The van der Waals surface area contributed by atoms with Crippen molar-refractivity contribution in [3.63, 3.8) is 0 Å². The zero-order valence-electron chi connectivity index (χ0n) is 18.2. The van der Waals surface area contributed by atoms with Gasteiger partial charge in [0, 0.05) is 28.4 Å². The molecule has 0 aliphatic carbocycles. The predicted octanol–water partition coefficient (Wildman–Crippen LogP) is 6.40. The smallest absolute Gasteiger partial charge is 0.412 e. The number of carbonyl (C=O) groups excluding carboxylic acids is 1. The van der Waals surface area contributed by atoms with E-state index in [2.05, 4.69) is 5.32 Å². The number of amides is 1. The Morgan fingerprint density at radius 2 is 1.56 bits per heavy atom. The van der Waals surface area contributed by atoms with Gasteiger partial charge in [0.1, 0.15) is 11.9 Å². The van der Waals surface area contributed by atoms with Crippen LogP contribution in [0.4, 0.5) is 10.5 Å². The topological polar surface area (TPSA) is 78.8 Å². The second kappa shape index (κ2) is 8.89. The molecule has 1 atom stereocenters. The van der Waals surface area contributed by atoms with Gasteiger partial charge < -0.3 is 14.9 Å². The third kappa shape index (κ3) is 4.25. The van der Waals surface area contributed by atoms with Crippen LogP contribution in [0.2, 0.25) is 0 Å². The van der Waals surface area contributed by atoms with E-state index >= 15 is 0 Å². The number of rotatable bonds is 6. The summed E-state index contributed by atoms with van der Waals surface area (Å²) in [6.45, 7) is 3.88. The van der Waals surface area contributed by atoms with Gasteiger partial charge in [-0.15, -0.1) is 0 Å². The molecule has 164 valence electrons. The Morgan fingerprint density at radius 1 is 0.906 bits per heavy atom. The van der Waals surface area contributed by atoms with Crippen molar-refractivity contribution in [2.75, 3.05) is 11.9 Å². The number of hydrogen-bond donors (Lipinski definition) is 3. The molecule has 0 radical (unpaired) electrons. The number of aromatic hydroxyl groups is 1. The van der Waals surface area contributed by atoms with Gasteiger partial charge in [-0.3, -0.25) is 5.32 Å². The third-order valence-electron chi connectivity index (χ3n) is 5.93. The molecule has 0 spiro atoms. The number of phenolic OH excluding ortho intramolecular Hbond substituents is 1. The maximum Gasteiger partial charge on any atom is 0.412 e. The molecule has 0 saturated heterocycles. The maximum absolute atomic E-state index is 13.0. The second-order valence-corrected chi connectivity index (χ2v) is 8.62. The number of aliphatic hydroxyl groups is 1. The van der Waals surface area contributed by atoms with E-state index in [4.69, 9.17) is 4.74 Å². The Morgan fingerprint density at radius 3 is 2.31 bits per heavy atom. The largest absolute Gasteiger partial charge is 0.507 e. The van der Waals surface area contributed by atoms with E-state index in [9.17, 15) is 15.0 Å². The lowest BCUT2D eigenvalue weighted by Crippen LogP contribution is -2.30. The van der Waals surface area contributed by atoms with Crippen LogP contribution in [0.25, 0.3) is 21.5 Å². The normalized spacial score (nSPS) is 12.6. The van der Waals surface area contributed by atoms with Crippen LogP contribution in [0.3, 0.4) is 0 Å². The van der Waals surface area contributed by atoms with Crippen LogP contribution < -0.4 is 5.32 Å². The van der Waals surface area contributed by atoms with Gasteiger partial charge in [0.15, 0.2) is 0 Å². The van der Waals surface area contributed by atoms with Crippen LogP contribution in [0.5, 0.6) is 5.75 Å². The summed E-state index contributed by atoms with van der Waals surface area (Å²) in [5.74, 6) is 0.170. The Balaban J connectivity index is 1.71. The molecule has 1 amide bonds. The zero-order valence-corrected chi connectivity index (χ0v) is 18.2. The summed E-state index contributed by atoms with van der Waals surface area (Å²) in [5.41, 5.74) is 0.900. The van der Waals surface area contributed by atoms with Crippen molar-refractivity contribution in [1.82, 2.24) is 0 Å². The van der Waals surface area contributed by atoms with Gasteiger partial charge in [0.05, 0.1) is 5.69 Å². The number of fused-ring (bicyclic) bond motifs is 2. The Bertz CT molecular complexity index is 1260. The van der Waals surface area contributed by atoms with Gasteiger partial charge >= 0.3 is 6.09 Å². The molecule has 5 heteroatoms. The highest BCUT2D eigenvalue weighted by atomic mass is 16.6. The van der Waals surface area contributed by atoms with Gasteiger partial charge in [-0.25, -0.2) is 4.79 Å². The summed E-state index contributed by atoms with van der Waals surface area (Å²) in [7, 11) is 0. The minimum atomic E-state index is -0.643. The van der Waals surface area contributed by atoms with Crippen molar-refractivity contribution in [2.24, 2.45) is 5.41 Å². The highest BCUT2D eigenvalue weighted by Gasteiger charge is 2.35. The highest BCUT2D eigenvalue weighted by Crippen LogP contribution is 2.43. The van der Waals surface area contributed by atoms with Crippen LogP contribution in [-0.2, 0) is 4.74 Å². The number of phenols is 1. The average Bonchev–Trinajstić information content (AvgIpc) is 2.78. The summed E-state index contributed by atoms with van der Waals surface area (Å²) in [5, 5.41) is 26.3. The molecule has 5 nitrogen and oxygen atoms in total. The fraction of sp³-hybridized carbons (Fsp3) is 0.222. The quantitative estimate of drug-likeness (QED) is 0.331. The van der Waals surface area contributed by atoms with Crippen LogP contribution in [0.1, 0.15) is 31.9 Å².